The summed E-state index contributed by atoms with van der Waals surface area (Å²) in [5, 5.41) is 21.3. The van der Waals surface area contributed by atoms with Crippen molar-refractivity contribution in [2.45, 2.75) is 32.2 Å². The van der Waals surface area contributed by atoms with Gasteiger partial charge in [0.25, 0.3) is 0 Å². The first-order valence-corrected chi connectivity index (χ1v) is 10.8. The molecule has 0 bridgehead atoms. The maximum Gasteiger partial charge on any atom is 0.177 e. The minimum atomic E-state index is -0.971. The molecular weight excluding hydrogens is 398 g/mol. The number of benzene rings is 2. The molecule has 1 saturated carbocycles. The van der Waals surface area contributed by atoms with Gasteiger partial charge in [-0.1, -0.05) is 55.8 Å². The lowest BCUT2D eigenvalue weighted by Gasteiger charge is -2.35. The number of aliphatic hydroxyl groups excluding tert-OH is 1. The third-order valence-electron chi connectivity index (χ3n) is 5.60. The molecule has 0 heterocycles. The van der Waals surface area contributed by atoms with Crippen molar-refractivity contribution in [3.8, 4) is 11.1 Å². The van der Waals surface area contributed by atoms with Gasteiger partial charge in [0.2, 0.25) is 0 Å². The molecule has 3 N–H and O–H groups in total. The average Bonchev–Trinajstić information content (AvgIpc) is 3.56. The van der Waals surface area contributed by atoms with E-state index in [-0.39, 0.29) is 25.0 Å². The molecule has 1 unspecified atom stereocenters. The van der Waals surface area contributed by atoms with E-state index in [4.69, 9.17) is 17.0 Å². The van der Waals surface area contributed by atoms with Crippen LogP contribution in [0.2, 0.25) is 5.02 Å². The minimum Gasteiger partial charge on any atom is -0.381 e. The van der Waals surface area contributed by atoms with E-state index < -0.39 is 5.54 Å². The summed E-state index contributed by atoms with van der Waals surface area (Å²) in [6.07, 6.45) is 2.97. The molecule has 5 nitrogen and oxygen atoms in total. The predicted molar refractivity (Wildman–Crippen MR) is 122 cm³/mol. The van der Waals surface area contributed by atoms with E-state index in [2.05, 4.69) is 19.2 Å². The maximum atomic E-state index is 13.7. The second-order valence-corrected chi connectivity index (χ2v) is 8.87. The van der Waals surface area contributed by atoms with Crippen LogP contribution in [0.4, 0.5) is 0 Å². The van der Waals surface area contributed by atoms with E-state index in [1.165, 1.54) is 0 Å². The molecule has 1 atom stereocenters. The fourth-order valence-electron chi connectivity index (χ4n) is 4.16. The van der Waals surface area contributed by atoms with Gasteiger partial charge in [0.05, 0.1) is 19.6 Å². The van der Waals surface area contributed by atoms with Crippen LogP contribution >= 0.6 is 11.6 Å². The molecule has 0 saturated heterocycles. The van der Waals surface area contributed by atoms with Crippen LogP contribution in [0.25, 0.3) is 11.1 Å². The van der Waals surface area contributed by atoms with Crippen molar-refractivity contribution in [2.24, 2.45) is 11.8 Å². The number of rotatable bonds is 11. The molecule has 0 radical (unpaired) electrons. The number of carbonyl (C=O) groups excluding carboxylic acids is 1. The van der Waals surface area contributed by atoms with Gasteiger partial charge in [-0.05, 0) is 59.6 Å². The monoisotopic (exact) mass is 427 g/mol. The summed E-state index contributed by atoms with van der Waals surface area (Å²) in [5.41, 5.74) is 1.83. The Bertz CT molecular complexity index is 898. The molecule has 160 valence electrons. The highest BCUT2D eigenvalue weighted by Gasteiger charge is 2.51. The summed E-state index contributed by atoms with van der Waals surface area (Å²) in [6.45, 7) is 4.72. The lowest BCUT2D eigenvalue weighted by Crippen LogP contribution is -2.54. The van der Waals surface area contributed by atoms with Gasteiger partial charge in [-0.25, -0.2) is 0 Å². The number of aliphatic hydroxyl groups is 1. The van der Waals surface area contributed by atoms with Crippen molar-refractivity contribution in [3.05, 3.63) is 59.1 Å². The number of ketones is 1. The Balaban J connectivity index is 2.01. The molecule has 1 aliphatic rings. The van der Waals surface area contributed by atoms with E-state index in [0.717, 1.165) is 35.9 Å². The number of hydrogen-bond acceptors (Lipinski definition) is 4. The fraction of sp³-hybridized carbons (Fsp3) is 0.417. The highest BCUT2D eigenvalue weighted by atomic mass is 35.5. The number of nitrogens with zero attached hydrogens (tertiary/aromatic N) is 1. The maximum absolute atomic E-state index is 13.7. The topological polar surface area (TPSA) is 76.4 Å². The minimum absolute atomic E-state index is 0.0218. The van der Waals surface area contributed by atoms with Crippen LogP contribution in [0.5, 0.6) is 0 Å². The van der Waals surface area contributed by atoms with Gasteiger partial charge in [-0.2, -0.15) is 0 Å². The van der Waals surface area contributed by atoms with Gasteiger partial charge in [0.15, 0.2) is 5.78 Å². The number of nitrogens with one attached hydrogen (secondary N) is 2. The predicted octanol–water partition coefficient (Wildman–Crippen LogP) is 4.29. The number of hydrogen-bond donors (Lipinski definition) is 3. The third kappa shape index (κ3) is 4.91. The highest BCUT2D eigenvalue weighted by Crippen LogP contribution is 2.47. The van der Waals surface area contributed by atoms with Crippen molar-refractivity contribution in [1.82, 2.24) is 10.2 Å². The molecule has 0 aliphatic heterocycles. The van der Waals surface area contributed by atoms with E-state index in [1.807, 2.05) is 48.5 Å². The van der Waals surface area contributed by atoms with Crippen molar-refractivity contribution < 1.29 is 9.90 Å². The molecule has 1 aliphatic carbocycles. The van der Waals surface area contributed by atoms with E-state index in [0.29, 0.717) is 17.5 Å². The number of carbonyl (C=O) groups is 1. The second-order valence-electron chi connectivity index (χ2n) is 8.43. The molecule has 0 aromatic heterocycles. The quantitative estimate of drug-likeness (QED) is 0.284. The summed E-state index contributed by atoms with van der Waals surface area (Å²) in [6, 6.07) is 15.6. The fourth-order valence-corrected chi connectivity index (χ4v) is 4.36. The van der Waals surface area contributed by atoms with E-state index in [9.17, 15) is 9.90 Å². The Morgan fingerprint density at radius 3 is 2.50 bits per heavy atom. The summed E-state index contributed by atoms with van der Waals surface area (Å²) < 4.78 is 0. The first-order chi connectivity index (χ1) is 14.4. The van der Waals surface area contributed by atoms with Crippen LogP contribution in [0.15, 0.2) is 48.5 Å². The Morgan fingerprint density at radius 1 is 1.27 bits per heavy atom. The van der Waals surface area contributed by atoms with Crippen LogP contribution in [0.3, 0.4) is 0 Å². The van der Waals surface area contributed by atoms with Crippen LogP contribution in [-0.2, 0) is 10.3 Å². The average molecular weight is 428 g/mol. The smallest absolute Gasteiger partial charge is 0.177 e. The summed E-state index contributed by atoms with van der Waals surface area (Å²) in [7, 11) is 0. The lowest BCUT2D eigenvalue weighted by atomic mass is 9.79. The summed E-state index contributed by atoms with van der Waals surface area (Å²) in [5.74, 6) is 0.439. The Morgan fingerprint density at radius 2 is 1.93 bits per heavy atom. The van der Waals surface area contributed by atoms with Gasteiger partial charge in [0.1, 0.15) is 5.54 Å². The second kappa shape index (κ2) is 9.73. The van der Waals surface area contributed by atoms with Crippen LogP contribution < -0.4 is 5.32 Å². The Labute approximate surface area is 183 Å². The first kappa shape index (κ1) is 22.5. The molecule has 30 heavy (non-hydrogen) atoms. The van der Waals surface area contributed by atoms with Crippen LogP contribution in [-0.4, -0.2) is 41.9 Å². The first-order valence-electron chi connectivity index (χ1n) is 10.4. The van der Waals surface area contributed by atoms with Crippen molar-refractivity contribution in [2.75, 3.05) is 19.8 Å². The third-order valence-corrected chi connectivity index (χ3v) is 5.83. The lowest BCUT2D eigenvalue weighted by molar-refractivity contribution is -0.128. The van der Waals surface area contributed by atoms with Crippen LogP contribution in [0.1, 0.15) is 32.3 Å². The SMILES string of the molecule is CC(C)CN(CO)CC(=O)C(NC=N)(c1cccc(-c2cccc(Cl)c2)c1)C1CC1. The number of halogens is 1. The zero-order chi connectivity index (χ0) is 21.7. The van der Waals surface area contributed by atoms with Crippen molar-refractivity contribution in [1.29, 1.82) is 5.41 Å². The highest BCUT2D eigenvalue weighted by molar-refractivity contribution is 6.30. The summed E-state index contributed by atoms with van der Waals surface area (Å²) in [4.78, 5) is 15.4. The zero-order valence-corrected chi connectivity index (χ0v) is 18.3. The molecule has 2 aromatic rings. The van der Waals surface area contributed by atoms with Crippen molar-refractivity contribution in [3.63, 3.8) is 0 Å². The van der Waals surface area contributed by atoms with E-state index in [1.54, 1.807) is 4.90 Å². The van der Waals surface area contributed by atoms with Crippen molar-refractivity contribution >= 4 is 23.7 Å². The molecule has 0 spiro atoms. The van der Waals surface area contributed by atoms with Gasteiger partial charge in [0, 0.05) is 11.6 Å². The number of Topliss-reactive ketones (excluding diaryl/α,β-unsaturated/α-hetero) is 1. The van der Waals surface area contributed by atoms with Gasteiger partial charge < -0.3 is 10.4 Å². The molecule has 3 rings (SSSR count). The Hall–Kier alpha value is -2.21. The summed E-state index contributed by atoms with van der Waals surface area (Å²) >= 11 is 6.17. The largest absolute Gasteiger partial charge is 0.381 e. The molecule has 6 heteroatoms. The molecule has 1 fully saturated rings. The Kier molecular flexibility index (Phi) is 7.29. The standard InChI is InChI=1S/C24H30ClN3O2/c1-17(2)13-28(16-29)14-23(30)24(27-15-26,20-9-10-20)21-7-3-5-18(11-21)19-6-4-8-22(25)12-19/h3-8,11-12,15,17,20,29H,9-10,13-14,16H2,1-2H3,(H2,26,27). The van der Waals surface area contributed by atoms with Gasteiger partial charge in [-0.3, -0.25) is 15.1 Å². The molecule has 2 aromatic carbocycles. The van der Waals surface area contributed by atoms with E-state index >= 15 is 0 Å². The van der Waals surface area contributed by atoms with Gasteiger partial charge in [-0.15, -0.1) is 0 Å². The molecular formula is C24H30ClN3O2. The zero-order valence-electron chi connectivity index (χ0n) is 17.6. The molecule has 0 amide bonds. The van der Waals surface area contributed by atoms with Crippen LogP contribution in [0, 0.1) is 17.2 Å². The normalized spacial score (nSPS) is 15.8. The van der Waals surface area contributed by atoms with Gasteiger partial charge >= 0.3 is 0 Å².